The Morgan fingerprint density at radius 2 is 1.86 bits per heavy atom. The minimum atomic E-state index is 0.0828. The number of amides is 2. The van der Waals surface area contributed by atoms with Crippen LogP contribution >= 0.6 is 0 Å². The molecule has 82 valence electrons. The normalized spacial score (nSPS) is 18.7. The molecular weight excluding hydrogens is 176 g/mol. The number of hydrogen-bond donors (Lipinski definition) is 1. The van der Waals surface area contributed by atoms with Gasteiger partial charge in [0.05, 0.1) is 0 Å². The van der Waals surface area contributed by atoms with Crippen LogP contribution in [0.1, 0.15) is 45.4 Å². The molecule has 1 saturated carbocycles. The average molecular weight is 198 g/mol. The number of urea groups is 1. The molecule has 3 nitrogen and oxygen atoms in total. The molecule has 0 spiro atoms. The summed E-state index contributed by atoms with van der Waals surface area (Å²) in [6.07, 6.45) is 7.56. The lowest BCUT2D eigenvalue weighted by Crippen LogP contribution is -2.43. The van der Waals surface area contributed by atoms with Crippen LogP contribution in [0.15, 0.2) is 0 Å². The molecule has 0 heterocycles. The maximum atomic E-state index is 11.6. The Morgan fingerprint density at radius 3 is 2.36 bits per heavy atom. The summed E-state index contributed by atoms with van der Waals surface area (Å²) < 4.78 is 0. The van der Waals surface area contributed by atoms with Crippen molar-refractivity contribution in [2.45, 2.75) is 51.5 Å². The van der Waals surface area contributed by atoms with E-state index in [1.54, 1.807) is 0 Å². The SMILES string of the molecule is CCNC(=O)N(C)C1CCCCCC1. The zero-order valence-electron chi connectivity index (χ0n) is 9.38. The molecule has 1 N–H and O–H groups in total. The third-order valence-electron chi connectivity index (χ3n) is 3.02. The number of carbonyl (C=O) groups is 1. The molecule has 0 radical (unpaired) electrons. The minimum absolute atomic E-state index is 0.0828. The summed E-state index contributed by atoms with van der Waals surface area (Å²) >= 11 is 0. The van der Waals surface area contributed by atoms with Crippen LogP contribution in [0.25, 0.3) is 0 Å². The summed E-state index contributed by atoms with van der Waals surface area (Å²) in [5, 5.41) is 2.85. The van der Waals surface area contributed by atoms with Crippen LogP contribution in [-0.4, -0.2) is 30.6 Å². The van der Waals surface area contributed by atoms with Gasteiger partial charge >= 0.3 is 6.03 Å². The van der Waals surface area contributed by atoms with E-state index in [4.69, 9.17) is 0 Å². The Hall–Kier alpha value is -0.730. The molecule has 14 heavy (non-hydrogen) atoms. The molecule has 0 aromatic carbocycles. The molecule has 2 amide bonds. The number of carbonyl (C=O) groups excluding carboxylic acids is 1. The number of rotatable bonds is 2. The van der Waals surface area contributed by atoms with Crippen molar-refractivity contribution in [1.82, 2.24) is 10.2 Å². The van der Waals surface area contributed by atoms with Gasteiger partial charge in [0.15, 0.2) is 0 Å². The van der Waals surface area contributed by atoms with Crippen molar-refractivity contribution >= 4 is 6.03 Å². The molecular formula is C11H22N2O. The molecule has 1 rings (SSSR count). The molecule has 0 bridgehead atoms. The molecule has 0 aliphatic heterocycles. The Bertz CT molecular complexity index is 174. The van der Waals surface area contributed by atoms with Crippen LogP contribution in [-0.2, 0) is 0 Å². The maximum absolute atomic E-state index is 11.6. The fraction of sp³-hybridized carbons (Fsp3) is 0.909. The minimum Gasteiger partial charge on any atom is -0.338 e. The highest BCUT2D eigenvalue weighted by Gasteiger charge is 2.20. The molecule has 1 aliphatic rings. The van der Waals surface area contributed by atoms with Crippen molar-refractivity contribution in [3.05, 3.63) is 0 Å². The quantitative estimate of drug-likeness (QED) is 0.679. The van der Waals surface area contributed by atoms with E-state index in [1.165, 1.54) is 38.5 Å². The third kappa shape index (κ3) is 3.20. The van der Waals surface area contributed by atoms with E-state index in [0.717, 1.165) is 6.54 Å². The summed E-state index contributed by atoms with van der Waals surface area (Å²) in [4.78, 5) is 13.5. The zero-order chi connectivity index (χ0) is 10.4. The highest BCUT2D eigenvalue weighted by molar-refractivity contribution is 5.74. The molecule has 0 saturated heterocycles. The fourth-order valence-corrected chi connectivity index (χ4v) is 2.09. The maximum Gasteiger partial charge on any atom is 0.317 e. The zero-order valence-corrected chi connectivity index (χ0v) is 9.38. The van der Waals surface area contributed by atoms with Crippen LogP contribution in [0.3, 0.4) is 0 Å². The number of nitrogens with one attached hydrogen (secondary N) is 1. The highest BCUT2D eigenvalue weighted by Crippen LogP contribution is 2.20. The third-order valence-corrected chi connectivity index (χ3v) is 3.02. The first-order chi connectivity index (χ1) is 6.75. The van der Waals surface area contributed by atoms with Crippen LogP contribution in [0.2, 0.25) is 0 Å². The molecule has 1 aliphatic carbocycles. The Kier molecular flexibility index (Phi) is 4.77. The van der Waals surface area contributed by atoms with Crippen LogP contribution in [0.5, 0.6) is 0 Å². The van der Waals surface area contributed by atoms with Gasteiger partial charge in [-0.25, -0.2) is 4.79 Å². The fourth-order valence-electron chi connectivity index (χ4n) is 2.09. The summed E-state index contributed by atoms with van der Waals surface area (Å²) in [7, 11) is 1.92. The summed E-state index contributed by atoms with van der Waals surface area (Å²) in [5.74, 6) is 0. The molecule has 0 unspecified atom stereocenters. The molecule has 3 heteroatoms. The second kappa shape index (κ2) is 5.89. The van der Waals surface area contributed by atoms with Crippen molar-refractivity contribution < 1.29 is 4.79 Å². The highest BCUT2D eigenvalue weighted by atomic mass is 16.2. The number of nitrogens with zero attached hydrogens (tertiary/aromatic N) is 1. The Labute approximate surface area is 86.9 Å². The van der Waals surface area contributed by atoms with Gasteiger partial charge in [0, 0.05) is 19.6 Å². The summed E-state index contributed by atoms with van der Waals surface area (Å²) in [6, 6.07) is 0.545. The first kappa shape index (κ1) is 11.3. The second-order valence-corrected chi connectivity index (χ2v) is 4.09. The van der Waals surface area contributed by atoms with Crippen molar-refractivity contribution in [3.63, 3.8) is 0 Å². The van der Waals surface area contributed by atoms with E-state index in [1.807, 2.05) is 18.9 Å². The molecule has 0 aromatic rings. The standard InChI is InChI=1S/C11H22N2O/c1-3-12-11(14)13(2)10-8-6-4-5-7-9-10/h10H,3-9H2,1-2H3,(H,12,14). The first-order valence-corrected chi connectivity index (χ1v) is 5.76. The lowest BCUT2D eigenvalue weighted by Gasteiger charge is -2.27. The lowest BCUT2D eigenvalue weighted by molar-refractivity contribution is 0.184. The van der Waals surface area contributed by atoms with Crippen LogP contribution in [0, 0.1) is 0 Å². The van der Waals surface area contributed by atoms with E-state index < -0.39 is 0 Å². The van der Waals surface area contributed by atoms with E-state index in [0.29, 0.717) is 6.04 Å². The molecule has 1 fully saturated rings. The van der Waals surface area contributed by atoms with Gasteiger partial charge in [-0.3, -0.25) is 0 Å². The predicted octanol–water partition coefficient (Wildman–Crippen LogP) is 2.37. The predicted molar refractivity (Wildman–Crippen MR) is 58.3 cm³/mol. The monoisotopic (exact) mass is 198 g/mol. The lowest BCUT2D eigenvalue weighted by atomic mass is 10.1. The molecule has 0 atom stereocenters. The van der Waals surface area contributed by atoms with Gasteiger partial charge in [-0.05, 0) is 19.8 Å². The smallest absolute Gasteiger partial charge is 0.317 e. The van der Waals surface area contributed by atoms with E-state index >= 15 is 0 Å². The second-order valence-electron chi connectivity index (χ2n) is 4.09. The Balaban J connectivity index is 2.40. The number of hydrogen-bond acceptors (Lipinski definition) is 1. The van der Waals surface area contributed by atoms with Gasteiger partial charge in [0.25, 0.3) is 0 Å². The first-order valence-electron chi connectivity index (χ1n) is 5.76. The van der Waals surface area contributed by atoms with Crippen molar-refractivity contribution in [2.75, 3.05) is 13.6 Å². The topological polar surface area (TPSA) is 32.3 Å². The van der Waals surface area contributed by atoms with Crippen LogP contribution < -0.4 is 5.32 Å². The van der Waals surface area contributed by atoms with Gasteiger partial charge in [0.1, 0.15) is 0 Å². The Morgan fingerprint density at radius 1 is 1.29 bits per heavy atom. The van der Waals surface area contributed by atoms with Crippen LogP contribution in [0.4, 0.5) is 4.79 Å². The van der Waals surface area contributed by atoms with E-state index in [9.17, 15) is 4.79 Å². The average Bonchev–Trinajstić information content (AvgIpc) is 2.45. The van der Waals surface area contributed by atoms with Gasteiger partial charge in [-0.2, -0.15) is 0 Å². The van der Waals surface area contributed by atoms with E-state index in [2.05, 4.69) is 5.32 Å². The van der Waals surface area contributed by atoms with E-state index in [-0.39, 0.29) is 6.03 Å². The van der Waals surface area contributed by atoms with Crippen molar-refractivity contribution in [3.8, 4) is 0 Å². The summed E-state index contributed by atoms with van der Waals surface area (Å²) in [5.41, 5.74) is 0. The van der Waals surface area contributed by atoms with Gasteiger partial charge < -0.3 is 10.2 Å². The molecule has 0 aromatic heterocycles. The van der Waals surface area contributed by atoms with Gasteiger partial charge in [0.2, 0.25) is 0 Å². The van der Waals surface area contributed by atoms with Gasteiger partial charge in [-0.15, -0.1) is 0 Å². The van der Waals surface area contributed by atoms with Crippen molar-refractivity contribution in [2.24, 2.45) is 0 Å². The van der Waals surface area contributed by atoms with Gasteiger partial charge in [-0.1, -0.05) is 25.7 Å². The largest absolute Gasteiger partial charge is 0.338 e. The summed E-state index contributed by atoms with van der Waals surface area (Å²) in [6.45, 7) is 2.68. The van der Waals surface area contributed by atoms with Crippen molar-refractivity contribution in [1.29, 1.82) is 0 Å².